The lowest BCUT2D eigenvalue weighted by atomic mass is 10.1. The summed E-state index contributed by atoms with van der Waals surface area (Å²) < 4.78 is 1.22. The third-order valence-corrected chi connectivity index (χ3v) is 4.50. The minimum absolute atomic E-state index is 0.384. The molecule has 1 N–H and O–H groups in total. The Bertz CT molecular complexity index is 608. The number of fused-ring (bicyclic) bond motifs is 1. The summed E-state index contributed by atoms with van der Waals surface area (Å²) in [5.41, 5.74) is 3.91. The van der Waals surface area contributed by atoms with Crippen LogP contribution in [0.15, 0.2) is 41.0 Å². The van der Waals surface area contributed by atoms with Crippen LogP contribution in [0.1, 0.15) is 23.6 Å². The van der Waals surface area contributed by atoms with Crippen molar-refractivity contribution in [3.8, 4) is 0 Å². The SMILES string of the molecule is CN(C)c1ccc(NC2CCc3c(Br)cccc32)cn1. The van der Waals surface area contributed by atoms with Crippen molar-refractivity contribution in [2.45, 2.75) is 18.9 Å². The van der Waals surface area contributed by atoms with Gasteiger partial charge >= 0.3 is 0 Å². The molecule has 3 nitrogen and oxygen atoms in total. The smallest absolute Gasteiger partial charge is 0.128 e. The molecule has 0 amide bonds. The van der Waals surface area contributed by atoms with E-state index in [1.165, 1.54) is 15.6 Å². The second-order valence-electron chi connectivity index (χ2n) is 5.34. The third-order valence-electron chi connectivity index (χ3n) is 3.76. The quantitative estimate of drug-likeness (QED) is 0.920. The van der Waals surface area contributed by atoms with Crippen LogP contribution in [0.25, 0.3) is 0 Å². The van der Waals surface area contributed by atoms with Gasteiger partial charge in [-0.3, -0.25) is 0 Å². The van der Waals surface area contributed by atoms with Crippen molar-refractivity contribution in [3.63, 3.8) is 0 Å². The molecule has 0 fully saturated rings. The molecule has 2 aromatic rings. The van der Waals surface area contributed by atoms with E-state index in [-0.39, 0.29) is 0 Å². The molecule has 1 aromatic carbocycles. The maximum absolute atomic E-state index is 4.45. The van der Waals surface area contributed by atoms with Gasteiger partial charge in [0.05, 0.1) is 17.9 Å². The second kappa shape index (κ2) is 5.44. The fourth-order valence-electron chi connectivity index (χ4n) is 2.70. The first-order chi connectivity index (χ1) is 9.65. The van der Waals surface area contributed by atoms with Crippen LogP contribution in [0, 0.1) is 0 Å². The van der Waals surface area contributed by atoms with E-state index in [2.05, 4.69) is 50.5 Å². The average Bonchev–Trinajstić information content (AvgIpc) is 2.84. The molecule has 1 atom stereocenters. The van der Waals surface area contributed by atoms with E-state index in [0.29, 0.717) is 6.04 Å². The van der Waals surface area contributed by atoms with Gasteiger partial charge in [0.25, 0.3) is 0 Å². The van der Waals surface area contributed by atoms with Crippen LogP contribution >= 0.6 is 15.9 Å². The van der Waals surface area contributed by atoms with Gasteiger partial charge in [-0.2, -0.15) is 0 Å². The molecule has 20 heavy (non-hydrogen) atoms. The monoisotopic (exact) mass is 331 g/mol. The predicted molar refractivity (Wildman–Crippen MR) is 87.4 cm³/mol. The number of hydrogen-bond acceptors (Lipinski definition) is 3. The summed E-state index contributed by atoms with van der Waals surface area (Å²) in [6, 6.07) is 11.0. The highest BCUT2D eigenvalue weighted by Crippen LogP contribution is 2.37. The minimum atomic E-state index is 0.384. The summed E-state index contributed by atoms with van der Waals surface area (Å²) in [5, 5.41) is 3.59. The van der Waals surface area contributed by atoms with E-state index in [1.807, 2.05) is 31.3 Å². The summed E-state index contributed by atoms with van der Waals surface area (Å²) in [6.07, 6.45) is 4.16. The first-order valence-corrected chi connectivity index (χ1v) is 7.61. The summed E-state index contributed by atoms with van der Waals surface area (Å²) in [5.74, 6) is 0.977. The Hall–Kier alpha value is -1.55. The number of rotatable bonds is 3. The van der Waals surface area contributed by atoms with E-state index in [1.54, 1.807) is 0 Å². The number of nitrogens with one attached hydrogen (secondary N) is 1. The molecule has 4 heteroatoms. The van der Waals surface area contributed by atoms with Crippen LogP contribution in [-0.2, 0) is 6.42 Å². The van der Waals surface area contributed by atoms with Crippen LogP contribution < -0.4 is 10.2 Å². The van der Waals surface area contributed by atoms with Crippen LogP contribution in [-0.4, -0.2) is 19.1 Å². The third kappa shape index (κ3) is 2.52. The second-order valence-corrected chi connectivity index (χ2v) is 6.20. The summed E-state index contributed by atoms with van der Waals surface area (Å²) in [7, 11) is 4.00. The van der Waals surface area contributed by atoms with Crippen molar-refractivity contribution in [2.24, 2.45) is 0 Å². The van der Waals surface area contributed by atoms with Gasteiger partial charge in [-0.15, -0.1) is 0 Å². The molecule has 0 saturated carbocycles. The van der Waals surface area contributed by atoms with E-state index >= 15 is 0 Å². The van der Waals surface area contributed by atoms with Gasteiger partial charge in [-0.25, -0.2) is 4.98 Å². The molecular weight excluding hydrogens is 314 g/mol. The van der Waals surface area contributed by atoms with Crippen molar-refractivity contribution in [2.75, 3.05) is 24.3 Å². The minimum Gasteiger partial charge on any atom is -0.377 e. The molecule has 1 aromatic heterocycles. The number of hydrogen-bond donors (Lipinski definition) is 1. The number of pyridine rings is 1. The predicted octanol–water partition coefficient (Wildman–Crippen LogP) is 4.01. The summed E-state index contributed by atoms with van der Waals surface area (Å²) in [4.78, 5) is 6.45. The molecule has 3 rings (SSSR count). The van der Waals surface area contributed by atoms with Crippen LogP contribution in [0.2, 0.25) is 0 Å². The standard InChI is InChI=1S/C16H18BrN3/c1-20(2)16-9-6-11(10-18-16)19-15-8-7-12-13(15)4-3-5-14(12)17/h3-6,9-10,15,19H,7-8H2,1-2H3. The molecular formula is C16H18BrN3. The molecule has 0 bridgehead atoms. The maximum Gasteiger partial charge on any atom is 0.128 e. The Morgan fingerprint density at radius 1 is 1.25 bits per heavy atom. The number of benzene rings is 1. The fourth-order valence-corrected chi connectivity index (χ4v) is 3.28. The molecule has 1 heterocycles. The van der Waals surface area contributed by atoms with Crippen molar-refractivity contribution < 1.29 is 0 Å². The maximum atomic E-state index is 4.45. The number of aromatic nitrogens is 1. The fraction of sp³-hybridized carbons (Fsp3) is 0.312. The topological polar surface area (TPSA) is 28.2 Å². The Morgan fingerprint density at radius 3 is 2.80 bits per heavy atom. The summed E-state index contributed by atoms with van der Waals surface area (Å²) in [6.45, 7) is 0. The van der Waals surface area contributed by atoms with Gasteiger partial charge in [0.1, 0.15) is 5.82 Å². The molecule has 1 aliphatic carbocycles. The van der Waals surface area contributed by atoms with Gasteiger partial charge in [-0.1, -0.05) is 28.1 Å². The van der Waals surface area contributed by atoms with Crippen molar-refractivity contribution >= 4 is 27.4 Å². The lowest BCUT2D eigenvalue weighted by Gasteiger charge is -2.17. The molecule has 0 radical (unpaired) electrons. The molecule has 0 saturated heterocycles. The Balaban J connectivity index is 1.79. The zero-order valence-electron chi connectivity index (χ0n) is 11.7. The highest BCUT2D eigenvalue weighted by atomic mass is 79.9. The molecule has 0 spiro atoms. The first kappa shape index (κ1) is 13.4. The van der Waals surface area contributed by atoms with Gasteiger partial charge in [0.2, 0.25) is 0 Å². The molecule has 1 aliphatic rings. The van der Waals surface area contributed by atoms with E-state index in [9.17, 15) is 0 Å². The van der Waals surface area contributed by atoms with Gasteiger partial charge < -0.3 is 10.2 Å². The number of halogens is 1. The van der Waals surface area contributed by atoms with E-state index in [0.717, 1.165) is 24.3 Å². The van der Waals surface area contributed by atoms with Crippen molar-refractivity contribution in [1.82, 2.24) is 4.98 Å². The zero-order chi connectivity index (χ0) is 14.1. The average molecular weight is 332 g/mol. The molecule has 0 aliphatic heterocycles. The number of nitrogens with zero attached hydrogens (tertiary/aromatic N) is 2. The van der Waals surface area contributed by atoms with E-state index in [4.69, 9.17) is 0 Å². The Morgan fingerprint density at radius 2 is 2.10 bits per heavy atom. The van der Waals surface area contributed by atoms with Gasteiger partial charge in [0.15, 0.2) is 0 Å². The van der Waals surface area contributed by atoms with E-state index < -0.39 is 0 Å². The Labute approximate surface area is 128 Å². The zero-order valence-corrected chi connectivity index (χ0v) is 13.3. The molecule has 104 valence electrons. The first-order valence-electron chi connectivity index (χ1n) is 6.82. The number of anilines is 2. The van der Waals surface area contributed by atoms with Crippen LogP contribution in [0.5, 0.6) is 0 Å². The van der Waals surface area contributed by atoms with Gasteiger partial charge in [-0.05, 0) is 42.2 Å². The highest BCUT2D eigenvalue weighted by Gasteiger charge is 2.23. The largest absolute Gasteiger partial charge is 0.377 e. The Kier molecular flexibility index (Phi) is 3.66. The lowest BCUT2D eigenvalue weighted by molar-refractivity contribution is 0.761. The lowest BCUT2D eigenvalue weighted by Crippen LogP contribution is -2.11. The van der Waals surface area contributed by atoms with Crippen molar-refractivity contribution in [1.29, 1.82) is 0 Å². The summed E-state index contributed by atoms with van der Waals surface area (Å²) >= 11 is 3.64. The molecule has 1 unspecified atom stereocenters. The normalized spacial score (nSPS) is 16.9. The van der Waals surface area contributed by atoms with Gasteiger partial charge in [0, 0.05) is 18.6 Å². The highest BCUT2D eigenvalue weighted by molar-refractivity contribution is 9.10. The van der Waals surface area contributed by atoms with Crippen LogP contribution in [0.3, 0.4) is 0 Å². The van der Waals surface area contributed by atoms with Crippen LogP contribution in [0.4, 0.5) is 11.5 Å². The van der Waals surface area contributed by atoms with Crippen molar-refractivity contribution in [3.05, 3.63) is 52.1 Å².